The molecule has 1 atom stereocenters. The Balaban J connectivity index is 1.27. The number of aliphatic carboxylic acids is 1. The summed E-state index contributed by atoms with van der Waals surface area (Å²) in [5.41, 5.74) is 5.98. The van der Waals surface area contributed by atoms with Crippen LogP contribution in [0.4, 0.5) is 4.79 Å². The van der Waals surface area contributed by atoms with Crippen LogP contribution >= 0.6 is 0 Å². The maximum absolute atomic E-state index is 12.5. The van der Waals surface area contributed by atoms with Crippen LogP contribution in [0.5, 0.6) is 0 Å². The topological polar surface area (TPSA) is 88.8 Å². The maximum atomic E-state index is 12.5. The minimum Gasteiger partial charge on any atom is -0.480 e. The van der Waals surface area contributed by atoms with E-state index in [0.717, 1.165) is 38.8 Å². The molecule has 6 nitrogen and oxygen atoms in total. The molecule has 1 aromatic heterocycles. The van der Waals surface area contributed by atoms with Crippen molar-refractivity contribution in [3.05, 3.63) is 95.7 Å². The number of carbonyl (C=O) groups is 2. The number of hydrogen-bond acceptors (Lipinski definition) is 4. The lowest BCUT2D eigenvalue weighted by Crippen LogP contribution is -2.42. The molecule has 0 spiro atoms. The molecular weight excluding hydrogens is 406 g/mol. The van der Waals surface area contributed by atoms with Gasteiger partial charge in [0.1, 0.15) is 18.2 Å². The first-order chi connectivity index (χ1) is 15.6. The van der Waals surface area contributed by atoms with Gasteiger partial charge in [-0.2, -0.15) is 0 Å². The van der Waals surface area contributed by atoms with Crippen LogP contribution in [0.1, 0.15) is 22.6 Å². The van der Waals surface area contributed by atoms with Gasteiger partial charge in [0.15, 0.2) is 0 Å². The van der Waals surface area contributed by atoms with Crippen molar-refractivity contribution in [2.45, 2.75) is 18.4 Å². The zero-order valence-corrected chi connectivity index (χ0v) is 17.2. The quantitative estimate of drug-likeness (QED) is 0.454. The van der Waals surface area contributed by atoms with Gasteiger partial charge in [0.2, 0.25) is 0 Å². The average Bonchev–Trinajstić information content (AvgIpc) is 3.39. The minimum absolute atomic E-state index is 0.0834. The predicted molar refractivity (Wildman–Crippen MR) is 120 cm³/mol. The van der Waals surface area contributed by atoms with Crippen molar-refractivity contribution >= 4 is 23.0 Å². The van der Waals surface area contributed by atoms with Gasteiger partial charge < -0.3 is 19.6 Å². The Bertz CT molecular complexity index is 1260. The Kier molecular flexibility index (Phi) is 5.11. The van der Waals surface area contributed by atoms with Crippen LogP contribution in [0.25, 0.3) is 22.1 Å². The molecular formula is C26H21NO5. The number of furan rings is 1. The van der Waals surface area contributed by atoms with Crippen molar-refractivity contribution in [1.82, 2.24) is 5.32 Å². The summed E-state index contributed by atoms with van der Waals surface area (Å²) >= 11 is 0. The predicted octanol–water partition coefficient (Wildman–Crippen LogP) is 4.97. The molecule has 1 amide bonds. The summed E-state index contributed by atoms with van der Waals surface area (Å²) in [5.74, 6) is -1.20. The highest BCUT2D eigenvalue weighted by atomic mass is 16.5. The number of rotatable bonds is 6. The van der Waals surface area contributed by atoms with Crippen molar-refractivity contribution in [2.75, 3.05) is 6.61 Å². The highest BCUT2D eigenvalue weighted by Gasteiger charge is 2.29. The van der Waals surface area contributed by atoms with Gasteiger partial charge >= 0.3 is 12.1 Å². The molecule has 3 aromatic carbocycles. The zero-order valence-electron chi connectivity index (χ0n) is 17.2. The Morgan fingerprint density at radius 3 is 2.34 bits per heavy atom. The summed E-state index contributed by atoms with van der Waals surface area (Å²) in [6.45, 7) is 0.132. The van der Waals surface area contributed by atoms with E-state index in [-0.39, 0.29) is 18.9 Å². The molecule has 0 aliphatic heterocycles. The second-order valence-corrected chi connectivity index (χ2v) is 7.86. The molecule has 0 saturated heterocycles. The lowest BCUT2D eigenvalue weighted by Gasteiger charge is -2.17. The van der Waals surface area contributed by atoms with Crippen LogP contribution in [-0.2, 0) is 16.0 Å². The Hall–Kier alpha value is -4.06. The molecule has 160 valence electrons. The summed E-state index contributed by atoms with van der Waals surface area (Å²) in [4.78, 5) is 24.2. The highest BCUT2D eigenvalue weighted by Crippen LogP contribution is 2.44. The van der Waals surface area contributed by atoms with Crippen molar-refractivity contribution in [3.63, 3.8) is 0 Å². The zero-order chi connectivity index (χ0) is 22.1. The highest BCUT2D eigenvalue weighted by molar-refractivity contribution is 5.82. The van der Waals surface area contributed by atoms with Crippen molar-refractivity contribution in [1.29, 1.82) is 0 Å². The number of amides is 1. The molecule has 0 bridgehead atoms. The van der Waals surface area contributed by atoms with Crippen LogP contribution in [0.15, 0.2) is 83.5 Å². The largest absolute Gasteiger partial charge is 0.480 e. The molecule has 0 unspecified atom stereocenters. The Morgan fingerprint density at radius 1 is 0.969 bits per heavy atom. The van der Waals surface area contributed by atoms with Gasteiger partial charge in [0.05, 0.1) is 6.26 Å². The summed E-state index contributed by atoms with van der Waals surface area (Å²) in [7, 11) is 0. The third-order valence-corrected chi connectivity index (χ3v) is 5.89. The molecule has 0 saturated carbocycles. The van der Waals surface area contributed by atoms with E-state index in [9.17, 15) is 14.7 Å². The number of ether oxygens (including phenoxy) is 1. The van der Waals surface area contributed by atoms with Gasteiger partial charge in [-0.15, -0.1) is 0 Å². The molecule has 1 heterocycles. The van der Waals surface area contributed by atoms with E-state index in [1.54, 1.807) is 18.4 Å². The van der Waals surface area contributed by atoms with Gasteiger partial charge in [0, 0.05) is 17.7 Å². The maximum Gasteiger partial charge on any atom is 0.407 e. The minimum atomic E-state index is -1.12. The van der Waals surface area contributed by atoms with Crippen molar-refractivity contribution in [3.8, 4) is 11.1 Å². The van der Waals surface area contributed by atoms with Crippen molar-refractivity contribution < 1.29 is 23.8 Å². The van der Waals surface area contributed by atoms with E-state index < -0.39 is 18.1 Å². The summed E-state index contributed by atoms with van der Waals surface area (Å²) in [6.07, 6.45) is 0.974. The summed E-state index contributed by atoms with van der Waals surface area (Å²) in [5, 5.41) is 13.0. The van der Waals surface area contributed by atoms with E-state index in [1.807, 2.05) is 48.5 Å². The standard InChI is InChI=1S/C26H21NO5/c28-25(29)23(14-16-9-10-24-17(13-16)11-12-31-24)27-26(30)32-15-22-20-7-3-1-5-18(20)19-6-2-4-8-21(19)22/h1-13,22-23H,14-15H2,(H,27,30)(H,28,29)/t23-/m0/s1. The first-order valence-electron chi connectivity index (χ1n) is 10.4. The van der Waals surface area contributed by atoms with E-state index >= 15 is 0 Å². The lowest BCUT2D eigenvalue weighted by atomic mass is 9.98. The van der Waals surface area contributed by atoms with E-state index in [2.05, 4.69) is 17.4 Å². The fourth-order valence-electron chi connectivity index (χ4n) is 4.36. The monoisotopic (exact) mass is 427 g/mol. The van der Waals surface area contributed by atoms with E-state index in [0.29, 0.717) is 0 Å². The number of nitrogens with one attached hydrogen (secondary N) is 1. The molecule has 6 heteroatoms. The number of fused-ring (bicyclic) bond motifs is 4. The van der Waals surface area contributed by atoms with E-state index in [4.69, 9.17) is 9.15 Å². The Morgan fingerprint density at radius 2 is 1.66 bits per heavy atom. The van der Waals surface area contributed by atoms with Gasteiger partial charge in [0.25, 0.3) is 0 Å². The first kappa shape index (κ1) is 19.9. The fourth-order valence-corrected chi connectivity index (χ4v) is 4.36. The third-order valence-electron chi connectivity index (χ3n) is 5.89. The van der Waals surface area contributed by atoms with Gasteiger partial charge in [-0.25, -0.2) is 9.59 Å². The van der Waals surface area contributed by atoms with Crippen LogP contribution in [0.3, 0.4) is 0 Å². The molecule has 0 radical (unpaired) electrons. The molecule has 5 rings (SSSR count). The smallest absolute Gasteiger partial charge is 0.407 e. The van der Waals surface area contributed by atoms with Gasteiger partial charge in [-0.3, -0.25) is 0 Å². The third kappa shape index (κ3) is 3.71. The molecule has 1 aliphatic carbocycles. The lowest BCUT2D eigenvalue weighted by molar-refractivity contribution is -0.139. The normalized spacial score (nSPS) is 13.4. The van der Waals surface area contributed by atoms with Crippen LogP contribution in [-0.4, -0.2) is 29.8 Å². The Labute approximate surface area is 184 Å². The summed E-state index contributed by atoms with van der Waals surface area (Å²) < 4.78 is 10.8. The average molecular weight is 427 g/mol. The number of benzene rings is 3. The molecule has 2 N–H and O–H groups in total. The second-order valence-electron chi connectivity index (χ2n) is 7.86. The second kappa shape index (κ2) is 8.23. The summed E-state index contributed by atoms with van der Waals surface area (Å²) in [6, 6.07) is 22.3. The number of alkyl carbamates (subject to hydrolysis) is 1. The fraction of sp³-hybridized carbons (Fsp3) is 0.154. The van der Waals surface area contributed by atoms with Gasteiger partial charge in [-0.1, -0.05) is 54.6 Å². The number of carbonyl (C=O) groups excluding carboxylic acids is 1. The van der Waals surface area contributed by atoms with Crippen LogP contribution in [0.2, 0.25) is 0 Å². The molecule has 32 heavy (non-hydrogen) atoms. The number of carboxylic acid groups (broad SMARTS) is 1. The molecule has 4 aromatic rings. The van der Waals surface area contributed by atoms with E-state index in [1.165, 1.54) is 0 Å². The van der Waals surface area contributed by atoms with Crippen LogP contribution < -0.4 is 5.32 Å². The number of carboxylic acids is 1. The number of hydrogen-bond donors (Lipinski definition) is 2. The van der Waals surface area contributed by atoms with Crippen molar-refractivity contribution in [2.24, 2.45) is 0 Å². The molecule has 1 aliphatic rings. The SMILES string of the molecule is O=C(N[C@@H](Cc1ccc2occc2c1)C(=O)O)OCC1c2ccccc2-c2ccccc21. The first-order valence-corrected chi connectivity index (χ1v) is 10.4. The van der Waals surface area contributed by atoms with Gasteiger partial charge in [-0.05, 0) is 46.0 Å². The van der Waals surface area contributed by atoms with Crippen LogP contribution in [0, 0.1) is 0 Å². The molecule has 0 fully saturated rings.